The van der Waals surface area contributed by atoms with Crippen LogP contribution in [-0.2, 0) is 32.3 Å². The number of hydrogen-bond acceptors (Lipinski definition) is 8. The lowest BCUT2D eigenvalue weighted by atomic mass is 10.1. The molecule has 0 aliphatic rings. The largest absolute Gasteiger partial charge is 0.491 e. The van der Waals surface area contributed by atoms with Gasteiger partial charge in [0.25, 0.3) is 0 Å². The Morgan fingerprint density at radius 2 is 1.86 bits per heavy atom. The van der Waals surface area contributed by atoms with E-state index >= 15 is 0 Å². The molecule has 0 spiro atoms. The van der Waals surface area contributed by atoms with Crippen LogP contribution in [0.15, 0.2) is 66.9 Å². The van der Waals surface area contributed by atoms with Gasteiger partial charge in [0.1, 0.15) is 29.7 Å². The average Bonchev–Trinajstić information content (AvgIpc) is 2.93. The lowest BCUT2D eigenvalue weighted by molar-refractivity contribution is -0.137. The van der Waals surface area contributed by atoms with Gasteiger partial charge < -0.3 is 18.9 Å². The summed E-state index contributed by atoms with van der Waals surface area (Å²) in [6.07, 6.45) is -1.95. The van der Waals surface area contributed by atoms with E-state index < -0.39 is 28.0 Å². The fraction of sp³-hybridized carbons (Fsp3) is 0.259. The zero-order chi connectivity index (χ0) is 30.6. The number of alkyl halides is 3. The third kappa shape index (κ3) is 10.9. The predicted molar refractivity (Wildman–Crippen MR) is 149 cm³/mol. The Labute approximate surface area is 245 Å². The van der Waals surface area contributed by atoms with Gasteiger partial charge in [-0.3, -0.25) is 0 Å². The van der Waals surface area contributed by atoms with Gasteiger partial charge in [-0.2, -0.15) is 26.3 Å². The Kier molecular flexibility index (Phi) is 12.0. The summed E-state index contributed by atoms with van der Waals surface area (Å²) >= 11 is 5.99. The molecule has 15 heteroatoms. The van der Waals surface area contributed by atoms with Crippen molar-refractivity contribution in [2.75, 3.05) is 33.5 Å². The van der Waals surface area contributed by atoms with Crippen LogP contribution in [0.2, 0.25) is 5.02 Å². The maximum absolute atomic E-state index is 13.0. The van der Waals surface area contributed by atoms with Crippen LogP contribution >= 0.6 is 11.6 Å². The van der Waals surface area contributed by atoms with Crippen molar-refractivity contribution in [1.82, 2.24) is 14.4 Å². The molecule has 1 heterocycles. The molecule has 2 N–H and O–H groups in total. The number of carbonyl (C=O) groups excluding carboxylic acids is 1. The molecule has 2 aromatic carbocycles. The number of carbonyl (C=O) groups is 1. The number of halogens is 4. The van der Waals surface area contributed by atoms with E-state index in [2.05, 4.69) is 9.71 Å². The van der Waals surface area contributed by atoms with Crippen molar-refractivity contribution in [3.05, 3.63) is 88.6 Å². The fourth-order valence-electron chi connectivity index (χ4n) is 3.28. The minimum Gasteiger partial charge on any atom is -0.491 e. The van der Waals surface area contributed by atoms with Crippen molar-refractivity contribution in [2.45, 2.75) is 12.6 Å². The molecule has 0 aliphatic heterocycles. The van der Waals surface area contributed by atoms with Gasteiger partial charge in [0.2, 0.25) is 5.88 Å². The highest BCUT2D eigenvalue weighted by molar-refractivity contribution is 7.88. The Hall–Kier alpha value is -3.85. The van der Waals surface area contributed by atoms with Gasteiger partial charge >= 0.3 is 22.5 Å². The molecular formula is C27H27ClF3N3O7S. The first-order valence-corrected chi connectivity index (χ1v) is 14.1. The number of nitrogens with zero attached hydrogens (tertiary/aromatic N) is 1. The zero-order valence-electron chi connectivity index (χ0n) is 22.2. The maximum atomic E-state index is 13.0. The molecule has 10 nitrogen and oxygen atoms in total. The van der Waals surface area contributed by atoms with Crippen molar-refractivity contribution in [2.24, 2.45) is 0 Å². The molecule has 1 aromatic heterocycles. The van der Waals surface area contributed by atoms with Gasteiger partial charge in [0.15, 0.2) is 0 Å². The quantitative estimate of drug-likeness (QED) is 0.228. The summed E-state index contributed by atoms with van der Waals surface area (Å²) in [6, 6.07) is 14.5. The summed E-state index contributed by atoms with van der Waals surface area (Å²) in [5.74, 6) is 0.196. The number of methoxy groups -OCH3 is 1. The molecule has 0 saturated carbocycles. The Morgan fingerprint density at radius 1 is 1.10 bits per heavy atom. The summed E-state index contributed by atoms with van der Waals surface area (Å²) in [5, 5.41) is -0.371. The van der Waals surface area contributed by atoms with E-state index in [0.717, 1.165) is 5.56 Å². The topological polar surface area (TPSA) is 125 Å². The van der Waals surface area contributed by atoms with Gasteiger partial charge in [0.05, 0.1) is 12.2 Å². The minimum atomic E-state index is -4.64. The molecule has 226 valence electrons. The van der Waals surface area contributed by atoms with Gasteiger partial charge in [-0.05, 0) is 36.3 Å². The van der Waals surface area contributed by atoms with Crippen LogP contribution in [0.3, 0.4) is 0 Å². The molecule has 3 rings (SSSR count). The SMILES string of the molecule is COCCOc1ccc(C=CCOC(=O)NS(=O)(=O)NCCc2ccccc2)c(Oc2ncc(C(F)(F)F)cc2Cl)c1. The number of hydrogen-bond donors (Lipinski definition) is 2. The van der Waals surface area contributed by atoms with Crippen molar-refractivity contribution < 1.29 is 45.3 Å². The number of aromatic nitrogens is 1. The highest BCUT2D eigenvalue weighted by Gasteiger charge is 2.32. The Balaban J connectivity index is 1.62. The van der Waals surface area contributed by atoms with Crippen molar-refractivity contribution in [3.8, 4) is 17.4 Å². The molecule has 1 amide bonds. The van der Waals surface area contributed by atoms with Crippen LogP contribution in [0.5, 0.6) is 17.4 Å². The summed E-state index contributed by atoms with van der Waals surface area (Å²) in [5.41, 5.74) is 0.272. The molecule has 0 fully saturated rings. The van der Waals surface area contributed by atoms with E-state index in [1.807, 2.05) is 30.3 Å². The molecule has 0 bridgehead atoms. The van der Waals surface area contributed by atoms with Crippen LogP contribution in [0, 0.1) is 0 Å². The number of pyridine rings is 1. The van der Waals surface area contributed by atoms with Crippen LogP contribution in [0.25, 0.3) is 6.08 Å². The summed E-state index contributed by atoms with van der Waals surface area (Å²) in [7, 11) is -2.64. The number of nitrogens with one attached hydrogen (secondary N) is 2. The van der Waals surface area contributed by atoms with E-state index in [9.17, 15) is 26.4 Å². The maximum Gasteiger partial charge on any atom is 0.422 e. The fourth-order valence-corrected chi connectivity index (χ4v) is 4.21. The van der Waals surface area contributed by atoms with E-state index in [1.165, 1.54) is 25.3 Å². The van der Waals surface area contributed by atoms with E-state index in [1.54, 1.807) is 16.9 Å². The molecule has 0 unspecified atom stereocenters. The second-order valence-electron chi connectivity index (χ2n) is 8.39. The minimum absolute atomic E-state index is 0.0677. The first-order chi connectivity index (χ1) is 20.0. The molecule has 0 radical (unpaired) electrons. The number of rotatable bonds is 14. The molecule has 42 heavy (non-hydrogen) atoms. The van der Waals surface area contributed by atoms with Gasteiger partial charge in [-0.1, -0.05) is 48.0 Å². The highest BCUT2D eigenvalue weighted by atomic mass is 35.5. The van der Waals surface area contributed by atoms with Crippen LogP contribution in [0.1, 0.15) is 16.7 Å². The molecular weight excluding hydrogens is 603 g/mol. The van der Waals surface area contributed by atoms with Gasteiger partial charge in [-0.25, -0.2) is 14.5 Å². The molecule has 0 aliphatic carbocycles. The third-order valence-corrected chi connectivity index (χ3v) is 6.55. The molecule has 3 aromatic rings. The average molecular weight is 630 g/mol. The van der Waals surface area contributed by atoms with E-state index in [4.69, 9.17) is 30.5 Å². The first-order valence-electron chi connectivity index (χ1n) is 12.3. The monoisotopic (exact) mass is 629 g/mol. The smallest absolute Gasteiger partial charge is 0.422 e. The number of benzene rings is 2. The van der Waals surface area contributed by atoms with E-state index in [-0.39, 0.29) is 36.4 Å². The molecule has 0 saturated heterocycles. The number of ether oxygens (including phenoxy) is 4. The normalized spacial score (nSPS) is 11.8. The standard InChI is InChI=1S/C27H27ClF3N3O7S/c1-38-14-15-39-22-10-9-20(24(17-22)41-25-23(28)16-21(18-32-25)27(29,30)31)8-5-13-40-26(35)34-42(36,37)33-12-11-19-6-3-2-4-7-19/h2-10,16-18,33H,11-15H2,1H3,(H,34,35). The Morgan fingerprint density at radius 3 is 2.55 bits per heavy atom. The van der Waals surface area contributed by atoms with Crippen LogP contribution in [-0.4, -0.2) is 53.0 Å². The highest BCUT2D eigenvalue weighted by Crippen LogP contribution is 2.36. The second kappa shape index (κ2) is 15.4. The summed E-state index contributed by atoms with van der Waals surface area (Å²) in [6.45, 7) is 0.271. The summed E-state index contributed by atoms with van der Waals surface area (Å²) < 4.78 is 88.2. The number of amides is 1. The van der Waals surface area contributed by atoms with Crippen molar-refractivity contribution in [3.63, 3.8) is 0 Å². The second-order valence-corrected chi connectivity index (χ2v) is 10.3. The van der Waals surface area contributed by atoms with Crippen LogP contribution < -0.4 is 18.9 Å². The van der Waals surface area contributed by atoms with Gasteiger partial charge in [-0.15, -0.1) is 0 Å². The van der Waals surface area contributed by atoms with Crippen molar-refractivity contribution >= 4 is 34.0 Å². The predicted octanol–water partition coefficient (Wildman–Crippen LogP) is 5.39. The first kappa shape index (κ1) is 32.7. The lowest BCUT2D eigenvalue weighted by Crippen LogP contribution is -2.41. The summed E-state index contributed by atoms with van der Waals surface area (Å²) in [4.78, 5) is 15.7. The van der Waals surface area contributed by atoms with Gasteiger partial charge in [0, 0.05) is 31.5 Å². The van der Waals surface area contributed by atoms with Crippen molar-refractivity contribution in [1.29, 1.82) is 0 Å². The molecule has 0 atom stereocenters. The Bertz CT molecular complexity index is 1470. The lowest BCUT2D eigenvalue weighted by Gasteiger charge is -2.13. The third-order valence-electron chi connectivity index (χ3n) is 5.26. The zero-order valence-corrected chi connectivity index (χ0v) is 23.8. The van der Waals surface area contributed by atoms with Crippen LogP contribution in [0.4, 0.5) is 18.0 Å². The van der Waals surface area contributed by atoms with E-state index in [0.29, 0.717) is 36.6 Å².